The maximum absolute atomic E-state index is 5.23. The Morgan fingerprint density at radius 2 is 1.68 bits per heavy atom. The Bertz CT molecular complexity index is 552. The lowest BCUT2D eigenvalue weighted by Crippen LogP contribution is -2.04. The van der Waals surface area contributed by atoms with Gasteiger partial charge < -0.3 is 10.1 Å². The summed E-state index contributed by atoms with van der Waals surface area (Å²) in [7, 11) is 1.69. The summed E-state index contributed by atoms with van der Waals surface area (Å²) in [6.45, 7) is 7.32. The van der Waals surface area contributed by atoms with Crippen LogP contribution in [0.25, 0.3) is 0 Å². The zero-order valence-corrected chi connectivity index (χ0v) is 12.1. The molecule has 2 aromatic carbocycles. The number of benzene rings is 2. The van der Waals surface area contributed by atoms with E-state index in [0.29, 0.717) is 0 Å². The van der Waals surface area contributed by atoms with Crippen LogP contribution in [-0.4, -0.2) is 7.11 Å². The van der Waals surface area contributed by atoms with Gasteiger partial charge in [-0.05, 0) is 49.6 Å². The normalized spacial score (nSPS) is 10.3. The summed E-state index contributed by atoms with van der Waals surface area (Å²) >= 11 is 0. The first-order valence-corrected chi connectivity index (χ1v) is 6.55. The summed E-state index contributed by atoms with van der Waals surface area (Å²) in [5.74, 6) is 0.877. The Balaban J connectivity index is 2.14. The quantitative estimate of drug-likeness (QED) is 0.882. The molecule has 0 bridgehead atoms. The fraction of sp³-hybridized carbons (Fsp3) is 0.294. The molecule has 0 aliphatic heterocycles. The standard InChI is InChI=1S/C17H21NO/c1-12-8-13(2)17(14(3)9-12)11-18-15-6-5-7-16(10-15)19-4/h5-10,18H,11H2,1-4H3. The molecular formula is C17H21NO. The van der Waals surface area contributed by atoms with E-state index in [-0.39, 0.29) is 0 Å². The van der Waals surface area contributed by atoms with E-state index < -0.39 is 0 Å². The molecule has 0 saturated heterocycles. The minimum Gasteiger partial charge on any atom is -0.497 e. The molecule has 0 aromatic heterocycles. The van der Waals surface area contributed by atoms with Crippen molar-refractivity contribution in [1.82, 2.24) is 0 Å². The first-order chi connectivity index (χ1) is 9.10. The van der Waals surface area contributed by atoms with Gasteiger partial charge in [-0.1, -0.05) is 23.8 Å². The van der Waals surface area contributed by atoms with Crippen LogP contribution in [0.2, 0.25) is 0 Å². The molecule has 0 unspecified atom stereocenters. The van der Waals surface area contributed by atoms with Crippen molar-refractivity contribution in [3.05, 3.63) is 58.7 Å². The molecule has 0 radical (unpaired) electrons. The van der Waals surface area contributed by atoms with Crippen LogP contribution in [-0.2, 0) is 6.54 Å². The fourth-order valence-electron chi connectivity index (χ4n) is 2.41. The van der Waals surface area contributed by atoms with Crippen LogP contribution in [0.3, 0.4) is 0 Å². The lowest BCUT2D eigenvalue weighted by molar-refractivity contribution is 0.415. The zero-order chi connectivity index (χ0) is 13.8. The van der Waals surface area contributed by atoms with Gasteiger partial charge in [0.25, 0.3) is 0 Å². The first kappa shape index (κ1) is 13.5. The van der Waals surface area contributed by atoms with E-state index in [1.54, 1.807) is 7.11 Å². The molecule has 0 spiro atoms. The Morgan fingerprint density at radius 3 is 2.32 bits per heavy atom. The molecule has 19 heavy (non-hydrogen) atoms. The summed E-state index contributed by atoms with van der Waals surface area (Å²) in [5, 5.41) is 3.46. The van der Waals surface area contributed by atoms with E-state index in [9.17, 15) is 0 Å². The van der Waals surface area contributed by atoms with Crippen molar-refractivity contribution in [2.45, 2.75) is 27.3 Å². The molecule has 0 saturated carbocycles. The van der Waals surface area contributed by atoms with Crippen LogP contribution in [0.4, 0.5) is 5.69 Å². The topological polar surface area (TPSA) is 21.3 Å². The largest absolute Gasteiger partial charge is 0.497 e. The Kier molecular flexibility index (Phi) is 4.10. The molecule has 2 heteroatoms. The van der Waals surface area contributed by atoms with Crippen LogP contribution in [0, 0.1) is 20.8 Å². The molecule has 0 amide bonds. The summed E-state index contributed by atoms with van der Waals surface area (Å²) in [4.78, 5) is 0. The van der Waals surface area contributed by atoms with Gasteiger partial charge in [0.2, 0.25) is 0 Å². The molecule has 2 nitrogen and oxygen atoms in total. The third-order valence-corrected chi connectivity index (χ3v) is 3.38. The van der Waals surface area contributed by atoms with Crippen LogP contribution in [0.5, 0.6) is 5.75 Å². The fourth-order valence-corrected chi connectivity index (χ4v) is 2.41. The predicted octanol–water partition coefficient (Wildman–Crippen LogP) is 4.23. The second-order valence-electron chi connectivity index (χ2n) is 4.96. The maximum atomic E-state index is 5.23. The Hall–Kier alpha value is -1.96. The third kappa shape index (κ3) is 3.28. The van der Waals surface area contributed by atoms with Crippen molar-refractivity contribution in [1.29, 1.82) is 0 Å². The van der Waals surface area contributed by atoms with Gasteiger partial charge in [-0.2, -0.15) is 0 Å². The molecule has 0 atom stereocenters. The van der Waals surface area contributed by atoms with Crippen molar-refractivity contribution in [3.8, 4) is 5.75 Å². The average Bonchev–Trinajstić information content (AvgIpc) is 2.37. The van der Waals surface area contributed by atoms with Crippen molar-refractivity contribution in [2.24, 2.45) is 0 Å². The van der Waals surface area contributed by atoms with Crippen molar-refractivity contribution >= 4 is 5.69 Å². The highest BCUT2D eigenvalue weighted by molar-refractivity contribution is 5.49. The Labute approximate surface area is 115 Å². The lowest BCUT2D eigenvalue weighted by atomic mass is 10.00. The highest BCUT2D eigenvalue weighted by Crippen LogP contribution is 2.20. The number of rotatable bonds is 4. The van der Waals surface area contributed by atoms with E-state index in [2.05, 4.69) is 44.3 Å². The lowest BCUT2D eigenvalue weighted by Gasteiger charge is -2.13. The van der Waals surface area contributed by atoms with Gasteiger partial charge in [0.15, 0.2) is 0 Å². The van der Waals surface area contributed by atoms with Crippen LogP contribution in [0.1, 0.15) is 22.3 Å². The van der Waals surface area contributed by atoms with Crippen molar-refractivity contribution in [3.63, 3.8) is 0 Å². The van der Waals surface area contributed by atoms with Gasteiger partial charge in [0, 0.05) is 18.3 Å². The van der Waals surface area contributed by atoms with Gasteiger partial charge in [-0.15, -0.1) is 0 Å². The van der Waals surface area contributed by atoms with Gasteiger partial charge in [-0.3, -0.25) is 0 Å². The Morgan fingerprint density at radius 1 is 1.00 bits per heavy atom. The van der Waals surface area contributed by atoms with Crippen molar-refractivity contribution < 1.29 is 4.74 Å². The number of hydrogen-bond acceptors (Lipinski definition) is 2. The molecule has 2 rings (SSSR count). The van der Waals surface area contributed by atoms with Crippen LogP contribution in [0.15, 0.2) is 36.4 Å². The number of anilines is 1. The third-order valence-electron chi connectivity index (χ3n) is 3.38. The maximum Gasteiger partial charge on any atom is 0.120 e. The molecule has 2 aromatic rings. The molecule has 100 valence electrons. The number of ether oxygens (including phenoxy) is 1. The smallest absolute Gasteiger partial charge is 0.120 e. The van der Waals surface area contributed by atoms with Crippen LogP contribution < -0.4 is 10.1 Å². The minimum atomic E-state index is 0.838. The monoisotopic (exact) mass is 255 g/mol. The van der Waals surface area contributed by atoms with Gasteiger partial charge in [0.1, 0.15) is 5.75 Å². The molecule has 0 heterocycles. The minimum absolute atomic E-state index is 0.838. The number of aryl methyl sites for hydroxylation is 3. The molecule has 0 aliphatic rings. The summed E-state index contributed by atoms with van der Waals surface area (Å²) in [6, 6.07) is 12.5. The van der Waals surface area contributed by atoms with E-state index >= 15 is 0 Å². The van der Waals surface area contributed by atoms with Gasteiger partial charge in [0.05, 0.1) is 7.11 Å². The summed E-state index contributed by atoms with van der Waals surface area (Å²) < 4.78 is 5.23. The predicted molar refractivity (Wildman–Crippen MR) is 81.0 cm³/mol. The highest BCUT2D eigenvalue weighted by Gasteiger charge is 2.04. The summed E-state index contributed by atoms with van der Waals surface area (Å²) in [5.41, 5.74) is 6.45. The summed E-state index contributed by atoms with van der Waals surface area (Å²) in [6.07, 6.45) is 0. The van der Waals surface area contributed by atoms with Gasteiger partial charge >= 0.3 is 0 Å². The average molecular weight is 255 g/mol. The number of methoxy groups -OCH3 is 1. The van der Waals surface area contributed by atoms with E-state index in [0.717, 1.165) is 18.0 Å². The second kappa shape index (κ2) is 5.79. The number of nitrogens with one attached hydrogen (secondary N) is 1. The zero-order valence-electron chi connectivity index (χ0n) is 12.1. The van der Waals surface area contributed by atoms with Crippen molar-refractivity contribution in [2.75, 3.05) is 12.4 Å². The van der Waals surface area contributed by atoms with E-state index in [1.165, 1.54) is 22.3 Å². The van der Waals surface area contributed by atoms with Crippen LogP contribution >= 0.6 is 0 Å². The molecule has 0 fully saturated rings. The molecule has 0 aliphatic carbocycles. The molecular weight excluding hydrogens is 234 g/mol. The van der Waals surface area contributed by atoms with E-state index in [1.807, 2.05) is 18.2 Å². The highest BCUT2D eigenvalue weighted by atomic mass is 16.5. The van der Waals surface area contributed by atoms with E-state index in [4.69, 9.17) is 4.74 Å². The van der Waals surface area contributed by atoms with Gasteiger partial charge in [-0.25, -0.2) is 0 Å². The molecule has 1 N–H and O–H groups in total. The number of hydrogen-bond donors (Lipinski definition) is 1. The SMILES string of the molecule is COc1cccc(NCc2c(C)cc(C)cc2C)c1. The first-order valence-electron chi connectivity index (χ1n) is 6.55. The second-order valence-corrected chi connectivity index (χ2v) is 4.96.